The van der Waals surface area contributed by atoms with Crippen molar-refractivity contribution in [2.45, 2.75) is 111 Å². The molecule has 0 spiro atoms. The SMILES string of the molecule is BBB(B(B)B)c1c(B(B(B)B)B(B)B)c(C)c2c(C)c(C)c(-c3c(C)c(C)c(C)c4c(-c5c(C)c(C)c(C)c(C)c5C)c5c(C)c(C)c(C)c(C)c5c(C)c34)c(B(B)BB)c2c1B(B)B(B)B. The van der Waals surface area contributed by atoms with Gasteiger partial charge < -0.3 is 0 Å². The highest BCUT2D eigenvalue weighted by molar-refractivity contribution is 7.85. The zero-order valence-corrected chi connectivity index (χ0v) is 49.0. The Balaban J connectivity index is 2.13. The molecule has 0 N–H and O–H groups in total. The molecule has 0 aromatic heterocycles. The van der Waals surface area contributed by atoms with Crippen LogP contribution in [0.4, 0.5) is 0 Å². The fourth-order valence-electron chi connectivity index (χ4n) is 14.1. The molecular formula is C46H74B22. The summed E-state index contributed by atoms with van der Waals surface area (Å²) in [6.45, 7) is 40.6. The molecule has 6 rings (SSSR count). The summed E-state index contributed by atoms with van der Waals surface area (Å²) in [5.74, 6) is 0. The molecule has 0 amide bonds. The van der Waals surface area contributed by atoms with E-state index < -0.39 is 0 Å². The van der Waals surface area contributed by atoms with Gasteiger partial charge in [0.25, 0.3) is 0 Å². The number of aryl methyl sites for hydroxylation is 6. The summed E-state index contributed by atoms with van der Waals surface area (Å²) in [6, 6.07) is 0. The van der Waals surface area contributed by atoms with Crippen molar-refractivity contribution in [1.82, 2.24) is 0 Å². The average molecular weight is 865 g/mol. The standard InChI is InChI=1S/C46H74B22/c1-17-18(2)23(7)33(24(8)19(17)3)41-36-26(10)21(5)20(4)25(9)34(36)31(15)39-37(27(11)22(6)28(12)38(39)41)40-30(14)29(13)35-32(16)43(64(67(55)56)68(57)58)46(63(60-48)66(53)54)45(62(50)65(51)52)42(35)44(40)61(49)59-47/h59-60H,47-58H2,1-16H3. The summed E-state index contributed by atoms with van der Waals surface area (Å²) in [4.78, 5) is 0. The summed E-state index contributed by atoms with van der Waals surface area (Å²) in [5.41, 5.74) is 35.6. The van der Waals surface area contributed by atoms with Gasteiger partial charge in [0, 0.05) is 25.5 Å². The van der Waals surface area contributed by atoms with E-state index in [1.54, 1.807) is 38.2 Å². The second-order valence-corrected chi connectivity index (χ2v) is 24.0. The van der Waals surface area contributed by atoms with Crippen LogP contribution in [-0.2, 0) is 0 Å². The van der Waals surface area contributed by atoms with Crippen LogP contribution in [0, 0.1) is 111 Å². The molecule has 0 heterocycles. The second-order valence-electron chi connectivity index (χ2n) is 24.0. The highest BCUT2D eigenvalue weighted by atomic mass is 14.3. The van der Waals surface area contributed by atoms with Crippen molar-refractivity contribution in [1.29, 1.82) is 0 Å². The van der Waals surface area contributed by atoms with Crippen LogP contribution in [-0.4, -0.2) is 158 Å². The highest BCUT2D eigenvalue weighted by Crippen LogP contribution is 2.52. The summed E-state index contributed by atoms with van der Waals surface area (Å²) in [6.07, 6.45) is 2.10. The predicted octanol–water partition coefficient (Wildman–Crippen LogP) is -5.22. The average Bonchev–Trinajstić information content (AvgIpc) is 3.27. The van der Waals surface area contributed by atoms with E-state index in [1.807, 2.05) is 0 Å². The van der Waals surface area contributed by atoms with E-state index in [0.29, 0.717) is 51.5 Å². The van der Waals surface area contributed by atoms with E-state index in [2.05, 4.69) is 204 Å². The van der Waals surface area contributed by atoms with Crippen LogP contribution in [0.25, 0.3) is 54.6 Å². The van der Waals surface area contributed by atoms with Crippen LogP contribution in [0.1, 0.15) is 89.0 Å². The Kier molecular flexibility index (Phi) is 16.3. The molecule has 0 saturated carbocycles. The molecular weight excluding hydrogens is 790 g/mol. The zero-order chi connectivity index (χ0) is 51.4. The van der Waals surface area contributed by atoms with Gasteiger partial charge in [-0.15, -0.1) is 10.9 Å². The lowest BCUT2D eigenvalue weighted by atomic mass is 8.70. The first kappa shape index (κ1) is 54.9. The molecule has 0 nitrogen and oxygen atoms in total. The number of benzene rings is 6. The first-order valence-corrected chi connectivity index (χ1v) is 27.2. The van der Waals surface area contributed by atoms with Crippen molar-refractivity contribution < 1.29 is 0 Å². The molecule has 0 saturated heterocycles. The lowest BCUT2D eigenvalue weighted by Gasteiger charge is -2.38. The van der Waals surface area contributed by atoms with Crippen molar-refractivity contribution in [3.8, 4) is 22.3 Å². The molecule has 0 atom stereocenters. The Bertz CT molecular complexity index is 3030. The first-order valence-electron chi connectivity index (χ1n) is 27.2. The fraction of sp³-hybridized carbons (Fsp3) is 0.348. The van der Waals surface area contributed by atoms with Crippen molar-refractivity contribution in [3.63, 3.8) is 0 Å². The maximum atomic E-state index is 2.59. The van der Waals surface area contributed by atoms with Gasteiger partial charge in [-0.2, -0.15) is 0 Å². The minimum atomic E-state index is 0.352. The third-order valence-electron chi connectivity index (χ3n) is 19.5. The molecule has 324 valence electrons. The van der Waals surface area contributed by atoms with Crippen LogP contribution in [0.5, 0.6) is 0 Å². The summed E-state index contributed by atoms with van der Waals surface area (Å²) >= 11 is 0. The second kappa shape index (κ2) is 20.2. The van der Waals surface area contributed by atoms with Crippen molar-refractivity contribution in [2.24, 2.45) is 0 Å². The van der Waals surface area contributed by atoms with E-state index >= 15 is 0 Å². The van der Waals surface area contributed by atoms with Crippen molar-refractivity contribution in [3.05, 3.63) is 89.0 Å². The Morgan fingerprint density at radius 1 is 0.265 bits per heavy atom. The number of rotatable bonds is 12. The molecule has 0 aliphatic carbocycles. The van der Waals surface area contributed by atoms with Crippen LogP contribution in [0.15, 0.2) is 0 Å². The summed E-state index contributed by atoms with van der Waals surface area (Å²) in [5, 5.41) is 9.00. The number of hydrogen-bond acceptors (Lipinski definition) is 0. The topological polar surface area (TPSA) is 0 Å². The Labute approximate surface area is 431 Å². The molecule has 6 aromatic rings. The molecule has 0 radical (unpaired) electrons. The maximum Gasteiger partial charge on any atom is 0.0976 e. The largest absolute Gasteiger partial charge is 0.112 e. The number of hydrogen-bond donors (Lipinski definition) is 0. The lowest BCUT2D eigenvalue weighted by molar-refractivity contribution is 1.18. The van der Waals surface area contributed by atoms with Gasteiger partial charge in [-0.1, -0.05) is 16.5 Å². The van der Waals surface area contributed by atoms with Crippen molar-refractivity contribution >= 4 is 213 Å². The quantitative estimate of drug-likeness (QED) is 0.0855. The molecule has 0 unspecified atom stereocenters. The molecule has 0 fully saturated rings. The molecule has 6 aromatic carbocycles. The molecule has 22 heteroatoms. The van der Waals surface area contributed by atoms with Gasteiger partial charge in [0.05, 0.1) is 133 Å². The summed E-state index contributed by atoms with van der Waals surface area (Å²) < 4.78 is 0. The van der Waals surface area contributed by atoms with E-state index in [1.165, 1.54) is 127 Å². The normalized spacial score (nSPS) is 11.4. The third-order valence-corrected chi connectivity index (χ3v) is 19.5. The summed E-state index contributed by atoms with van der Waals surface area (Å²) in [7, 11) is 32.3. The van der Waals surface area contributed by atoms with Gasteiger partial charge in [-0.05, 0) is 249 Å². The monoisotopic (exact) mass is 869 g/mol. The fourth-order valence-corrected chi connectivity index (χ4v) is 14.1. The van der Waals surface area contributed by atoms with Crippen LogP contribution >= 0.6 is 0 Å². The highest BCUT2D eigenvalue weighted by Gasteiger charge is 2.39. The zero-order valence-electron chi connectivity index (χ0n) is 49.0. The Morgan fingerprint density at radius 3 is 1.07 bits per heavy atom. The predicted molar refractivity (Wildman–Crippen MR) is 367 cm³/mol. The van der Waals surface area contributed by atoms with Crippen molar-refractivity contribution in [2.75, 3.05) is 0 Å². The van der Waals surface area contributed by atoms with E-state index in [4.69, 9.17) is 0 Å². The maximum absolute atomic E-state index is 2.59. The molecule has 0 bridgehead atoms. The van der Waals surface area contributed by atoms with E-state index in [0.717, 1.165) is 14.1 Å². The third kappa shape index (κ3) is 8.25. The smallest absolute Gasteiger partial charge is 0.0976 e. The molecule has 68 heavy (non-hydrogen) atoms. The lowest BCUT2D eigenvalue weighted by Crippen LogP contribution is -2.74. The van der Waals surface area contributed by atoms with Gasteiger partial charge in [0.15, 0.2) is 0 Å². The Hall–Kier alpha value is -2.47. The van der Waals surface area contributed by atoms with E-state index in [-0.39, 0.29) is 0 Å². The minimum absolute atomic E-state index is 0.352. The van der Waals surface area contributed by atoms with Gasteiger partial charge in [-0.25, -0.2) is 0 Å². The van der Waals surface area contributed by atoms with Gasteiger partial charge in [-0.3, -0.25) is 0 Å². The van der Waals surface area contributed by atoms with Crippen LogP contribution in [0.2, 0.25) is 0 Å². The van der Waals surface area contributed by atoms with Crippen LogP contribution in [0.3, 0.4) is 0 Å². The first-order chi connectivity index (χ1) is 31.6. The van der Waals surface area contributed by atoms with Gasteiger partial charge >= 0.3 is 0 Å². The van der Waals surface area contributed by atoms with Gasteiger partial charge in [0.1, 0.15) is 0 Å². The molecule has 0 aliphatic rings. The number of fused-ring (bicyclic) bond motifs is 3. The van der Waals surface area contributed by atoms with Gasteiger partial charge in [0.2, 0.25) is 0 Å². The molecule has 0 aliphatic heterocycles. The minimum Gasteiger partial charge on any atom is -0.112 e. The van der Waals surface area contributed by atoms with Crippen LogP contribution < -0.4 is 21.9 Å². The Morgan fingerprint density at radius 2 is 0.632 bits per heavy atom. The van der Waals surface area contributed by atoms with E-state index in [9.17, 15) is 0 Å².